The number of rotatable bonds is 8. The molecule has 0 unspecified atom stereocenters. The number of benzene rings is 7. The van der Waals surface area contributed by atoms with Crippen molar-refractivity contribution in [2.75, 3.05) is 10.1 Å². The first-order valence-corrected chi connectivity index (χ1v) is 21.3. The highest BCUT2D eigenvalue weighted by Gasteiger charge is 2.42. The molecule has 0 bridgehead atoms. The minimum atomic E-state index is -3.00. The third kappa shape index (κ3) is 5.45. The molecule has 0 atom stereocenters. The van der Waals surface area contributed by atoms with Crippen molar-refractivity contribution >= 4 is 73.4 Å². The summed E-state index contributed by atoms with van der Waals surface area (Å²) in [5.41, 5.74) is 7.47. The quantitative estimate of drug-likeness (QED) is 0.115. The highest BCUT2D eigenvalue weighted by Crippen LogP contribution is 2.44. The van der Waals surface area contributed by atoms with E-state index in [-0.39, 0.29) is 0 Å². The summed E-state index contributed by atoms with van der Waals surface area (Å²) in [6.07, 6.45) is 1.95. The topological polar surface area (TPSA) is 33.5 Å². The Morgan fingerprint density at radius 2 is 1.02 bits per heavy atom. The van der Waals surface area contributed by atoms with Crippen molar-refractivity contribution in [1.82, 2.24) is 9.55 Å². The lowest BCUT2D eigenvalue weighted by atomic mass is 10.1. The van der Waals surface area contributed by atoms with Crippen LogP contribution in [0, 0.1) is 0 Å². The van der Waals surface area contributed by atoms with Gasteiger partial charge in [0.25, 0.3) is 0 Å². The minimum Gasteiger partial charge on any atom is -0.294 e. The Labute approximate surface area is 328 Å². The van der Waals surface area contributed by atoms with Gasteiger partial charge in [0.15, 0.2) is 8.07 Å². The molecule has 0 saturated heterocycles. The Bertz CT molecular complexity index is 2800. The fourth-order valence-corrected chi connectivity index (χ4v) is 13.3. The summed E-state index contributed by atoms with van der Waals surface area (Å²) in [6, 6.07) is 70.1. The first kappa shape index (κ1) is 33.8. The molecule has 7 aromatic carbocycles. The Morgan fingerprint density at radius 1 is 0.464 bits per heavy atom. The molecule has 0 spiro atoms. The van der Waals surface area contributed by atoms with Crippen LogP contribution < -0.4 is 30.9 Å². The lowest BCUT2D eigenvalue weighted by Gasteiger charge is -2.35. The van der Waals surface area contributed by atoms with Crippen LogP contribution in [0.3, 0.4) is 0 Å². The summed E-state index contributed by atoms with van der Waals surface area (Å²) >= 11 is 0. The van der Waals surface area contributed by atoms with Crippen molar-refractivity contribution in [3.05, 3.63) is 206 Å². The number of anilines is 4. The Kier molecular flexibility index (Phi) is 8.36. The number of hydrogen-bond acceptors (Lipinski definition) is 4. The van der Waals surface area contributed by atoms with Gasteiger partial charge in [0.05, 0.1) is 33.8 Å². The molecular weight excluding hydrogens is 701 g/mol. The molecule has 56 heavy (non-hydrogen) atoms. The van der Waals surface area contributed by atoms with Crippen molar-refractivity contribution in [3.8, 4) is 5.82 Å². The molecule has 5 nitrogen and oxygen atoms in total. The van der Waals surface area contributed by atoms with E-state index in [9.17, 15) is 0 Å². The average Bonchev–Trinajstić information content (AvgIpc) is 3.82. The largest absolute Gasteiger partial charge is 0.294 e. The van der Waals surface area contributed by atoms with Gasteiger partial charge in [-0.1, -0.05) is 147 Å². The van der Waals surface area contributed by atoms with Gasteiger partial charge >= 0.3 is 0 Å². The molecule has 0 amide bonds. The zero-order valence-corrected chi connectivity index (χ0v) is 32.3. The fourth-order valence-electron chi connectivity index (χ4n) is 8.52. The Morgan fingerprint density at radius 3 is 1.71 bits per heavy atom. The highest BCUT2D eigenvalue weighted by atomic mass is 28.3. The van der Waals surface area contributed by atoms with E-state index < -0.39 is 8.07 Å². The second kappa shape index (κ2) is 13.8. The maximum Gasteiger partial charge on any atom is 0.179 e. The van der Waals surface area contributed by atoms with Gasteiger partial charge in [0, 0.05) is 17.0 Å². The number of nitrogens with zero attached hydrogens (tertiary/aromatic N) is 4. The zero-order valence-electron chi connectivity index (χ0n) is 31.3. The fraction of sp³-hybridized carbons (Fsp3) is 0.0600. The van der Waals surface area contributed by atoms with Gasteiger partial charge in [-0.25, -0.2) is 4.98 Å². The van der Waals surface area contributed by atoms with Gasteiger partial charge in [-0.3, -0.25) is 4.57 Å². The van der Waals surface area contributed by atoms with E-state index in [2.05, 4.69) is 194 Å². The first-order chi connectivity index (χ1) is 27.6. The minimum absolute atomic E-state index is 0.384. The van der Waals surface area contributed by atoms with Crippen LogP contribution in [0.1, 0.15) is 25.3 Å². The van der Waals surface area contributed by atoms with Gasteiger partial charge in [-0.05, 0) is 92.9 Å². The normalized spacial score (nSPS) is 12.8. The van der Waals surface area contributed by atoms with Crippen molar-refractivity contribution < 1.29 is 4.94 Å². The molecule has 0 saturated carbocycles. The van der Waals surface area contributed by atoms with Crippen LogP contribution in [0.25, 0.3) is 27.6 Å². The lowest BCUT2D eigenvalue weighted by molar-refractivity contribution is 0.156. The molecule has 1 aliphatic heterocycles. The molecule has 3 heterocycles. The van der Waals surface area contributed by atoms with Crippen LogP contribution in [-0.2, 0) is 4.94 Å². The van der Waals surface area contributed by atoms with Crippen LogP contribution in [0.2, 0.25) is 0 Å². The lowest BCUT2D eigenvalue weighted by Crippen LogP contribution is -2.74. The van der Waals surface area contributed by atoms with Crippen LogP contribution in [0.15, 0.2) is 200 Å². The van der Waals surface area contributed by atoms with Gasteiger partial charge in [0.1, 0.15) is 5.82 Å². The average molecular weight is 741 g/mol. The van der Waals surface area contributed by atoms with E-state index in [4.69, 9.17) is 9.92 Å². The van der Waals surface area contributed by atoms with Crippen molar-refractivity contribution in [2.45, 2.75) is 19.8 Å². The molecule has 6 heteroatoms. The van der Waals surface area contributed by atoms with E-state index in [1.807, 2.05) is 34.5 Å². The molecule has 270 valence electrons. The predicted octanol–water partition coefficient (Wildman–Crippen LogP) is 9.82. The van der Waals surface area contributed by atoms with Crippen molar-refractivity contribution in [1.29, 1.82) is 0 Å². The smallest absolute Gasteiger partial charge is 0.179 e. The number of aromatic nitrogens is 2. The predicted molar refractivity (Wildman–Crippen MR) is 235 cm³/mol. The monoisotopic (exact) mass is 740 g/mol. The third-order valence-electron chi connectivity index (χ3n) is 11.2. The molecule has 2 aromatic heterocycles. The molecule has 1 aliphatic rings. The van der Waals surface area contributed by atoms with Crippen molar-refractivity contribution in [3.63, 3.8) is 0 Å². The van der Waals surface area contributed by atoms with Crippen LogP contribution >= 0.6 is 0 Å². The summed E-state index contributed by atoms with van der Waals surface area (Å²) in [6.45, 7) is 4.48. The Hall–Kier alpha value is -6.73. The van der Waals surface area contributed by atoms with Gasteiger partial charge in [-0.15, -0.1) is 4.94 Å². The van der Waals surface area contributed by atoms with Gasteiger partial charge in [0.2, 0.25) is 0 Å². The van der Waals surface area contributed by atoms with E-state index >= 15 is 0 Å². The summed E-state index contributed by atoms with van der Waals surface area (Å²) in [4.78, 5) is 11.7. The molecule has 0 aliphatic carbocycles. The standard InChI is InChI=1S/C50H40N4OSi/c1-36(2)37-31-32-51-50(33-37)52-46-26-13-12-25-44(46)45-30-29-43(35-49(45)52)56(40-20-8-4-9-21-40,41-22-10-5-11-23-41)42-24-16-19-39(34-42)54-48-28-15-14-27-47(48)53(55-54)38-17-6-3-7-18-38/h3-36H,1-2H3. The molecule has 0 fully saturated rings. The number of hydrogen-bond donors (Lipinski definition) is 0. The van der Waals surface area contributed by atoms with E-state index in [0.29, 0.717) is 5.92 Å². The Balaban J connectivity index is 1.23. The van der Waals surface area contributed by atoms with Crippen LogP contribution in [-0.4, -0.2) is 17.6 Å². The molecule has 0 radical (unpaired) electrons. The first-order valence-electron chi connectivity index (χ1n) is 19.3. The summed E-state index contributed by atoms with van der Waals surface area (Å²) in [7, 11) is -3.00. The number of para-hydroxylation sites is 4. The van der Waals surface area contributed by atoms with E-state index in [1.165, 1.54) is 37.1 Å². The maximum atomic E-state index is 6.74. The van der Waals surface area contributed by atoms with E-state index in [1.54, 1.807) is 0 Å². The zero-order chi connectivity index (χ0) is 37.6. The van der Waals surface area contributed by atoms with Crippen LogP contribution in [0.5, 0.6) is 0 Å². The van der Waals surface area contributed by atoms with Gasteiger partial charge in [-0.2, -0.15) is 10.1 Å². The summed E-state index contributed by atoms with van der Waals surface area (Å²) in [5.74, 6) is 1.32. The molecule has 10 rings (SSSR count). The van der Waals surface area contributed by atoms with Crippen molar-refractivity contribution in [2.24, 2.45) is 0 Å². The maximum absolute atomic E-state index is 6.74. The van der Waals surface area contributed by atoms with Crippen LogP contribution in [0.4, 0.5) is 22.7 Å². The second-order valence-electron chi connectivity index (χ2n) is 14.7. The number of fused-ring (bicyclic) bond motifs is 4. The number of pyridine rings is 1. The third-order valence-corrected chi connectivity index (χ3v) is 15.9. The summed E-state index contributed by atoms with van der Waals surface area (Å²) in [5, 5.41) is 11.5. The summed E-state index contributed by atoms with van der Waals surface area (Å²) < 4.78 is 2.36. The second-order valence-corrected chi connectivity index (χ2v) is 18.5. The van der Waals surface area contributed by atoms with E-state index in [0.717, 1.165) is 39.6 Å². The highest BCUT2D eigenvalue weighted by molar-refractivity contribution is 7.20. The molecule has 0 N–H and O–H groups in total. The molecule has 9 aromatic rings. The molecular formula is C50H40N4OSi. The SMILES string of the molecule is CC(C)c1ccnc(-n2c3ccccc3c3ccc([Si](c4ccccc4)(c4ccccc4)c4cccc(N5ON(c6ccccc6)c6ccccc65)c4)cc32)c1. The van der Waals surface area contributed by atoms with Gasteiger partial charge < -0.3 is 0 Å².